The van der Waals surface area contributed by atoms with Crippen molar-refractivity contribution in [2.45, 2.75) is 31.6 Å². The van der Waals surface area contributed by atoms with E-state index in [2.05, 4.69) is 4.72 Å². The van der Waals surface area contributed by atoms with Gasteiger partial charge in [0.2, 0.25) is 0 Å². The van der Waals surface area contributed by atoms with E-state index < -0.39 is 16.0 Å². The number of hydrogen-bond acceptors (Lipinski definition) is 5. The summed E-state index contributed by atoms with van der Waals surface area (Å²) in [5.74, 6) is 0.191. The Kier molecular flexibility index (Phi) is 7.03. The molecule has 1 N–H and O–H groups in total. The van der Waals surface area contributed by atoms with Crippen molar-refractivity contribution in [1.82, 2.24) is 0 Å². The number of ether oxygens (including phenoxy) is 2. The number of sulfonamides is 1. The molecule has 7 heteroatoms. The molecule has 0 fully saturated rings. The fraction of sp³-hybridized carbons (Fsp3) is 0.316. The lowest BCUT2D eigenvalue weighted by molar-refractivity contribution is 0.0500. The maximum Gasteiger partial charge on any atom is 0.338 e. The lowest BCUT2D eigenvalue weighted by atomic mass is 10.2. The molecule has 0 atom stereocenters. The van der Waals surface area contributed by atoms with Gasteiger partial charge in [-0.05, 0) is 61.9 Å². The third-order valence-corrected chi connectivity index (χ3v) is 4.95. The second kappa shape index (κ2) is 9.24. The number of esters is 1. The van der Waals surface area contributed by atoms with Gasteiger partial charge >= 0.3 is 5.97 Å². The van der Waals surface area contributed by atoms with Crippen LogP contribution in [0, 0.1) is 0 Å². The van der Waals surface area contributed by atoms with Crippen molar-refractivity contribution in [3.8, 4) is 5.75 Å². The van der Waals surface area contributed by atoms with Crippen LogP contribution in [0.15, 0.2) is 53.4 Å². The van der Waals surface area contributed by atoms with Crippen LogP contribution >= 0.6 is 0 Å². The van der Waals surface area contributed by atoms with Crippen LogP contribution in [0.4, 0.5) is 5.69 Å². The van der Waals surface area contributed by atoms with Crippen LogP contribution in [0.1, 0.15) is 37.0 Å². The minimum atomic E-state index is -3.72. The Balaban J connectivity index is 2.03. The van der Waals surface area contributed by atoms with Gasteiger partial charge in [-0.1, -0.05) is 13.3 Å². The number of carbonyl (C=O) groups excluding carboxylic acids is 1. The van der Waals surface area contributed by atoms with Gasteiger partial charge in [-0.25, -0.2) is 13.2 Å². The fourth-order valence-electron chi connectivity index (χ4n) is 2.16. The SMILES string of the molecule is CCCCOC(=O)c1ccc(NS(=O)(=O)c2ccc(OCC)cc2)cc1. The largest absolute Gasteiger partial charge is 0.494 e. The third-order valence-electron chi connectivity index (χ3n) is 3.55. The van der Waals surface area contributed by atoms with Crippen LogP contribution < -0.4 is 9.46 Å². The number of rotatable bonds is 9. The van der Waals surface area contributed by atoms with E-state index in [9.17, 15) is 13.2 Å². The summed E-state index contributed by atoms with van der Waals surface area (Å²) < 4.78 is 37.7. The standard InChI is InChI=1S/C19H23NO5S/c1-3-5-14-25-19(21)15-6-8-16(9-7-15)20-26(22,23)18-12-10-17(11-13-18)24-4-2/h6-13,20H,3-5,14H2,1-2H3. The molecule has 0 heterocycles. The Morgan fingerprint density at radius 3 is 2.23 bits per heavy atom. The number of benzene rings is 2. The number of unbranched alkanes of at least 4 members (excludes halogenated alkanes) is 1. The van der Waals surface area contributed by atoms with Gasteiger partial charge in [-0.2, -0.15) is 0 Å². The Labute approximate surface area is 154 Å². The number of carbonyl (C=O) groups is 1. The molecule has 0 aliphatic rings. The predicted molar refractivity (Wildman–Crippen MR) is 100 cm³/mol. The molecule has 0 aliphatic carbocycles. The van der Waals surface area contributed by atoms with Crippen molar-refractivity contribution in [2.75, 3.05) is 17.9 Å². The Morgan fingerprint density at radius 2 is 1.65 bits per heavy atom. The molecule has 0 bridgehead atoms. The Bertz CT molecular complexity index is 814. The highest BCUT2D eigenvalue weighted by Gasteiger charge is 2.15. The van der Waals surface area contributed by atoms with Crippen molar-refractivity contribution < 1.29 is 22.7 Å². The second-order valence-electron chi connectivity index (χ2n) is 5.58. The van der Waals surface area contributed by atoms with Gasteiger partial charge in [-0.3, -0.25) is 4.72 Å². The van der Waals surface area contributed by atoms with E-state index >= 15 is 0 Å². The predicted octanol–water partition coefficient (Wildman–Crippen LogP) is 3.84. The summed E-state index contributed by atoms with van der Waals surface area (Å²) in [5.41, 5.74) is 0.745. The van der Waals surface area contributed by atoms with Crippen molar-refractivity contribution >= 4 is 21.7 Å². The first-order valence-electron chi connectivity index (χ1n) is 8.49. The monoisotopic (exact) mass is 377 g/mol. The van der Waals surface area contributed by atoms with E-state index in [1.165, 1.54) is 36.4 Å². The summed E-state index contributed by atoms with van der Waals surface area (Å²) in [4.78, 5) is 12.0. The topological polar surface area (TPSA) is 81.7 Å². The highest BCUT2D eigenvalue weighted by atomic mass is 32.2. The summed E-state index contributed by atoms with van der Waals surface area (Å²) in [5, 5.41) is 0. The fourth-order valence-corrected chi connectivity index (χ4v) is 3.22. The molecule has 26 heavy (non-hydrogen) atoms. The molecule has 140 valence electrons. The third kappa shape index (κ3) is 5.49. The molecule has 0 amide bonds. The van der Waals surface area contributed by atoms with Gasteiger partial charge < -0.3 is 9.47 Å². The van der Waals surface area contributed by atoms with Crippen molar-refractivity contribution in [1.29, 1.82) is 0 Å². The zero-order valence-electron chi connectivity index (χ0n) is 14.9. The molecule has 2 aromatic carbocycles. The van der Waals surface area contributed by atoms with E-state index in [1.54, 1.807) is 12.1 Å². The molecule has 2 rings (SSSR count). The van der Waals surface area contributed by atoms with Crippen LogP contribution in [0.2, 0.25) is 0 Å². The Hall–Kier alpha value is -2.54. The summed E-state index contributed by atoms with van der Waals surface area (Å²) >= 11 is 0. The molecule has 6 nitrogen and oxygen atoms in total. The molecule has 0 unspecified atom stereocenters. The van der Waals surface area contributed by atoms with Crippen molar-refractivity contribution in [3.05, 3.63) is 54.1 Å². The van der Waals surface area contributed by atoms with E-state index in [-0.39, 0.29) is 4.90 Å². The van der Waals surface area contributed by atoms with E-state index in [1.807, 2.05) is 13.8 Å². The minimum absolute atomic E-state index is 0.129. The van der Waals surface area contributed by atoms with Crippen molar-refractivity contribution in [2.24, 2.45) is 0 Å². The van der Waals surface area contributed by atoms with Gasteiger partial charge in [0.25, 0.3) is 10.0 Å². The second-order valence-corrected chi connectivity index (χ2v) is 7.26. The summed E-state index contributed by atoms with van der Waals surface area (Å²) in [6.07, 6.45) is 1.76. The first kappa shape index (κ1) is 19.8. The normalized spacial score (nSPS) is 11.0. The minimum Gasteiger partial charge on any atom is -0.494 e. The first-order chi connectivity index (χ1) is 12.5. The zero-order valence-corrected chi connectivity index (χ0v) is 15.7. The van der Waals surface area contributed by atoms with Crippen LogP contribution in [0.3, 0.4) is 0 Å². The van der Waals surface area contributed by atoms with Gasteiger partial charge in [0, 0.05) is 5.69 Å². The molecule has 0 saturated heterocycles. The smallest absolute Gasteiger partial charge is 0.338 e. The number of hydrogen-bond donors (Lipinski definition) is 1. The maximum absolute atomic E-state index is 12.4. The van der Waals surface area contributed by atoms with Gasteiger partial charge in [0.05, 0.1) is 23.7 Å². The lowest BCUT2D eigenvalue weighted by Gasteiger charge is -2.10. The van der Waals surface area contributed by atoms with Crippen molar-refractivity contribution in [3.63, 3.8) is 0 Å². The highest BCUT2D eigenvalue weighted by Crippen LogP contribution is 2.20. The molecular formula is C19H23NO5S. The Morgan fingerprint density at radius 1 is 1.00 bits per heavy atom. The summed E-state index contributed by atoms with van der Waals surface area (Å²) in [6.45, 7) is 4.76. The summed E-state index contributed by atoms with van der Waals surface area (Å²) in [6, 6.07) is 12.3. The molecule has 0 aliphatic heterocycles. The average Bonchev–Trinajstić information content (AvgIpc) is 2.63. The lowest BCUT2D eigenvalue weighted by Crippen LogP contribution is -2.13. The molecule has 0 saturated carbocycles. The quantitative estimate of drug-likeness (QED) is 0.530. The zero-order chi connectivity index (χ0) is 19.0. The van der Waals surface area contributed by atoms with Gasteiger partial charge in [0.15, 0.2) is 0 Å². The molecule has 2 aromatic rings. The van der Waals surface area contributed by atoms with Crippen LogP contribution in [0.25, 0.3) is 0 Å². The number of anilines is 1. The van der Waals surface area contributed by atoms with E-state index in [0.29, 0.717) is 30.2 Å². The number of nitrogens with one attached hydrogen (secondary N) is 1. The average molecular weight is 377 g/mol. The van der Waals surface area contributed by atoms with Crippen LogP contribution in [-0.4, -0.2) is 27.6 Å². The van der Waals surface area contributed by atoms with E-state index in [4.69, 9.17) is 9.47 Å². The molecule has 0 radical (unpaired) electrons. The van der Waals surface area contributed by atoms with Crippen LogP contribution in [0.5, 0.6) is 5.75 Å². The molecular weight excluding hydrogens is 354 g/mol. The first-order valence-corrected chi connectivity index (χ1v) is 9.97. The summed E-state index contributed by atoms with van der Waals surface area (Å²) in [7, 11) is -3.72. The maximum atomic E-state index is 12.4. The highest BCUT2D eigenvalue weighted by molar-refractivity contribution is 7.92. The molecule has 0 spiro atoms. The molecule has 0 aromatic heterocycles. The van der Waals surface area contributed by atoms with Gasteiger partial charge in [-0.15, -0.1) is 0 Å². The van der Waals surface area contributed by atoms with E-state index in [0.717, 1.165) is 12.8 Å². The van der Waals surface area contributed by atoms with Crippen LogP contribution in [-0.2, 0) is 14.8 Å². The van der Waals surface area contributed by atoms with Gasteiger partial charge in [0.1, 0.15) is 5.75 Å².